The summed E-state index contributed by atoms with van der Waals surface area (Å²) in [6.07, 6.45) is 4.59. The highest BCUT2D eigenvalue weighted by Gasteiger charge is 2.13. The molecule has 1 aliphatic rings. The van der Waals surface area contributed by atoms with Crippen LogP contribution in [-0.2, 0) is 0 Å². The molecule has 0 amide bonds. The van der Waals surface area contributed by atoms with E-state index in [1.54, 1.807) is 12.1 Å². The van der Waals surface area contributed by atoms with Crippen molar-refractivity contribution < 1.29 is 9.13 Å². The molecule has 2 rings (SSSR count). The first-order valence-electron chi connectivity index (χ1n) is 6.07. The Hall–Kier alpha value is -0.610. The predicted molar refractivity (Wildman–Crippen MR) is 69.9 cm³/mol. The molecule has 1 N–H and O–H groups in total. The van der Waals surface area contributed by atoms with E-state index in [9.17, 15) is 4.39 Å². The van der Waals surface area contributed by atoms with Gasteiger partial charge in [0.1, 0.15) is 0 Å². The maximum absolute atomic E-state index is 13.3. The maximum Gasteiger partial charge on any atom is 0.165 e. The van der Waals surface area contributed by atoms with Crippen LogP contribution in [0.5, 0.6) is 5.75 Å². The zero-order valence-corrected chi connectivity index (χ0v) is 11.3. The van der Waals surface area contributed by atoms with Crippen LogP contribution >= 0.6 is 15.9 Å². The number of nitrogens with one attached hydrogen (secondary N) is 1. The zero-order valence-electron chi connectivity index (χ0n) is 9.72. The van der Waals surface area contributed by atoms with Crippen LogP contribution in [0, 0.1) is 5.82 Å². The van der Waals surface area contributed by atoms with Gasteiger partial charge in [0, 0.05) is 10.5 Å². The van der Waals surface area contributed by atoms with Gasteiger partial charge in [0.15, 0.2) is 11.6 Å². The van der Waals surface area contributed by atoms with Crippen molar-refractivity contribution in [2.24, 2.45) is 0 Å². The Labute approximate surface area is 110 Å². The first-order chi connectivity index (χ1) is 8.25. The molecule has 0 radical (unpaired) electrons. The molecule has 1 saturated heterocycles. The van der Waals surface area contributed by atoms with E-state index in [1.165, 1.54) is 18.9 Å². The number of benzene rings is 1. The van der Waals surface area contributed by atoms with Gasteiger partial charge in [-0.3, -0.25) is 0 Å². The van der Waals surface area contributed by atoms with Gasteiger partial charge in [-0.15, -0.1) is 0 Å². The molecule has 1 aromatic rings. The van der Waals surface area contributed by atoms with E-state index in [0.717, 1.165) is 23.9 Å². The number of halogens is 2. The van der Waals surface area contributed by atoms with Gasteiger partial charge in [0.2, 0.25) is 0 Å². The molecule has 94 valence electrons. The Morgan fingerprint density at radius 1 is 1.47 bits per heavy atom. The fraction of sp³-hybridized carbons (Fsp3) is 0.538. The third-order valence-corrected chi connectivity index (χ3v) is 3.50. The molecule has 1 fully saturated rings. The van der Waals surface area contributed by atoms with Crippen LogP contribution in [0.4, 0.5) is 4.39 Å². The molecule has 1 atom stereocenters. The van der Waals surface area contributed by atoms with Crippen molar-refractivity contribution >= 4 is 15.9 Å². The van der Waals surface area contributed by atoms with Gasteiger partial charge in [0.05, 0.1) is 6.61 Å². The van der Waals surface area contributed by atoms with Crippen molar-refractivity contribution in [3.05, 3.63) is 28.5 Å². The van der Waals surface area contributed by atoms with Crippen LogP contribution in [0.2, 0.25) is 0 Å². The predicted octanol–water partition coefficient (Wildman–Crippen LogP) is 3.50. The van der Waals surface area contributed by atoms with E-state index in [0.29, 0.717) is 18.4 Å². The molecule has 1 unspecified atom stereocenters. The summed E-state index contributed by atoms with van der Waals surface area (Å²) in [5.41, 5.74) is 0. The van der Waals surface area contributed by atoms with Crippen LogP contribution < -0.4 is 10.1 Å². The molecule has 0 spiro atoms. The van der Waals surface area contributed by atoms with E-state index in [-0.39, 0.29) is 5.82 Å². The lowest BCUT2D eigenvalue weighted by Crippen LogP contribution is -2.21. The van der Waals surface area contributed by atoms with E-state index in [2.05, 4.69) is 21.2 Å². The lowest BCUT2D eigenvalue weighted by Gasteiger charge is -2.11. The molecular formula is C13H17BrFNO. The quantitative estimate of drug-likeness (QED) is 0.841. The van der Waals surface area contributed by atoms with Crippen molar-refractivity contribution in [2.75, 3.05) is 13.2 Å². The zero-order chi connectivity index (χ0) is 12.1. The molecule has 1 heterocycles. The molecule has 1 aliphatic heterocycles. The van der Waals surface area contributed by atoms with E-state index >= 15 is 0 Å². The maximum atomic E-state index is 13.3. The average molecular weight is 302 g/mol. The molecule has 2 nitrogen and oxygen atoms in total. The first kappa shape index (κ1) is 12.8. The Morgan fingerprint density at radius 3 is 3.12 bits per heavy atom. The van der Waals surface area contributed by atoms with Gasteiger partial charge in [-0.25, -0.2) is 4.39 Å². The second-order valence-electron chi connectivity index (χ2n) is 4.36. The largest absolute Gasteiger partial charge is 0.490 e. The third kappa shape index (κ3) is 3.96. The number of rotatable bonds is 5. The normalized spacial score (nSPS) is 19.5. The highest BCUT2D eigenvalue weighted by atomic mass is 79.9. The molecule has 17 heavy (non-hydrogen) atoms. The topological polar surface area (TPSA) is 21.3 Å². The summed E-state index contributed by atoms with van der Waals surface area (Å²) in [7, 11) is 0. The third-order valence-electron chi connectivity index (χ3n) is 3.01. The minimum absolute atomic E-state index is 0.299. The van der Waals surface area contributed by atoms with Crippen molar-refractivity contribution in [1.82, 2.24) is 5.32 Å². The lowest BCUT2D eigenvalue weighted by molar-refractivity contribution is 0.285. The van der Waals surface area contributed by atoms with Gasteiger partial charge in [-0.2, -0.15) is 0 Å². The summed E-state index contributed by atoms with van der Waals surface area (Å²) in [6, 6.07) is 5.39. The first-order valence-corrected chi connectivity index (χ1v) is 6.86. The summed E-state index contributed by atoms with van der Waals surface area (Å²) < 4.78 is 19.6. The second-order valence-corrected chi connectivity index (χ2v) is 5.27. The van der Waals surface area contributed by atoms with Crippen molar-refractivity contribution in [3.63, 3.8) is 0 Å². The Kier molecular flexibility index (Phi) is 4.80. The van der Waals surface area contributed by atoms with Crippen molar-refractivity contribution in [1.29, 1.82) is 0 Å². The van der Waals surface area contributed by atoms with E-state index in [4.69, 9.17) is 4.74 Å². The SMILES string of the molecule is Fc1ccc(Br)cc1OCCCC1CCCN1. The molecule has 4 heteroatoms. The molecule has 0 bridgehead atoms. The summed E-state index contributed by atoms with van der Waals surface area (Å²) in [5.74, 6) is 0.0333. The van der Waals surface area contributed by atoms with Crippen LogP contribution in [0.25, 0.3) is 0 Å². The van der Waals surface area contributed by atoms with Crippen LogP contribution in [0.1, 0.15) is 25.7 Å². The van der Waals surface area contributed by atoms with E-state index < -0.39 is 0 Å². The highest BCUT2D eigenvalue weighted by Crippen LogP contribution is 2.22. The molecule has 0 saturated carbocycles. The standard InChI is InChI=1S/C13H17BrFNO/c14-10-5-6-12(15)13(9-10)17-8-2-4-11-3-1-7-16-11/h5-6,9,11,16H,1-4,7-8H2. The highest BCUT2D eigenvalue weighted by molar-refractivity contribution is 9.10. The molecular weight excluding hydrogens is 285 g/mol. The molecule has 1 aromatic carbocycles. The molecule has 0 aliphatic carbocycles. The smallest absolute Gasteiger partial charge is 0.165 e. The van der Waals surface area contributed by atoms with E-state index in [1.807, 2.05) is 0 Å². The Morgan fingerprint density at radius 2 is 2.35 bits per heavy atom. The lowest BCUT2D eigenvalue weighted by atomic mass is 10.1. The minimum atomic E-state index is -0.299. The van der Waals surface area contributed by atoms with Gasteiger partial charge < -0.3 is 10.1 Å². The number of hydrogen-bond acceptors (Lipinski definition) is 2. The number of hydrogen-bond donors (Lipinski definition) is 1. The second kappa shape index (κ2) is 6.36. The van der Waals surface area contributed by atoms with Gasteiger partial charge in [-0.1, -0.05) is 15.9 Å². The fourth-order valence-corrected chi connectivity index (χ4v) is 2.44. The van der Waals surface area contributed by atoms with Crippen LogP contribution in [0.3, 0.4) is 0 Å². The Balaban J connectivity index is 1.72. The fourth-order valence-electron chi connectivity index (χ4n) is 2.10. The van der Waals surface area contributed by atoms with Crippen molar-refractivity contribution in [2.45, 2.75) is 31.7 Å². The van der Waals surface area contributed by atoms with Gasteiger partial charge in [0.25, 0.3) is 0 Å². The average Bonchev–Trinajstić information content (AvgIpc) is 2.82. The van der Waals surface area contributed by atoms with Gasteiger partial charge >= 0.3 is 0 Å². The Bertz CT molecular complexity index is 366. The van der Waals surface area contributed by atoms with Gasteiger partial charge in [-0.05, 0) is 50.4 Å². The van der Waals surface area contributed by atoms with Crippen LogP contribution in [-0.4, -0.2) is 19.2 Å². The molecule has 0 aromatic heterocycles. The minimum Gasteiger partial charge on any atom is -0.490 e. The van der Waals surface area contributed by atoms with Crippen LogP contribution in [0.15, 0.2) is 22.7 Å². The van der Waals surface area contributed by atoms with Crippen molar-refractivity contribution in [3.8, 4) is 5.75 Å². The summed E-state index contributed by atoms with van der Waals surface area (Å²) in [4.78, 5) is 0. The summed E-state index contributed by atoms with van der Waals surface area (Å²) in [5, 5.41) is 3.44. The number of ether oxygens (including phenoxy) is 1. The summed E-state index contributed by atoms with van der Waals surface area (Å²) >= 11 is 3.30. The summed E-state index contributed by atoms with van der Waals surface area (Å²) in [6.45, 7) is 1.71. The monoisotopic (exact) mass is 301 g/mol.